The molecule has 3 fully saturated rings. The quantitative estimate of drug-likeness (QED) is 0.642. The number of ether oxygens (including phenoxy) is 1. The van der Waals surface area contributed by atoms with E-state index in [1.165, 1.54) is 23.8 Å². The highest BCUT2D eigenvalue weighted by Gasteiger charge is 2.54. The molecule has 4 aliphatic rings. The van der Waals surface area contributed by atoms with Crippen LogP contribution in [-0.2, 0) is 20.3 Å². The zero-order valence-electron chi connectivity index (χ0n) is 20.6. The molecule has 9 nitrogen and oxygen atoms in total. The van der Waals surface area contributed by atoms with Crippen molar-refractivity contribution in [2.45, 2.75) is 50.6 Å². The molecule has 12 heteroatoms. The van der Waals surface area contributed by atoms with Crippen LogP contribution in [0.4, 0.5) is 10.3 Å². The predicted octanol–water partition coefficient (Wildman–Crippen LogP) is 2.97. The third kappa shape index (κ3) is 3.59. The number of carbonyl (C=O) groups is 1. The summed E-state index contributed by atoms with van der Waals surface area (Å²) in [5, 5.41) is 3.39. The molecule has 0 radical (unpaired) electrons. The second kappa shape index (κ2) is 8.17. The normalized spacial score (nSPS) is 24.9. The van der Waals surface area contributed by atoms with Crippen LogP contribution in [0.5, 0.6) is 0 Å². The smallest absolute Gasteiger partial charge is 0.255 e. The number of carbonyl (C=O) groups excluding carboxylic acids is 1. The van der Waals surface area contributed by atoms with Crippen molar-refractivity contribution in [1.29, 1.82) is 0 Å². The van der Waals surface area contributed by atoms with E-state index in [0.717, 1.165) is 36.1 Å². The first-order valence-corrected chi connectivity index (χ1v) is 15.0. The van der Waals surface area contributed by atoms with Crippen LogP contribution in [0, 0.1) is 18.2 Å². The maximum atomic E-state index is 15.1. The molecule has 1 aliphatic carbocycles. The summed E-state index contributed by atoms with van der Waals surface area (Å²) in [6.07, 6.45) is 6.37. The van der Waals surface area contributed by atoms with Gasteiger partial charge in [-0.2, -0.15) is 0 Å². The SMILES string of the molecule is Cc1c(-c2nc(NC3CCN(S(C)(=O)=O)CC34CC4)ncc2F)sc2c1C(=O)N(C)C21CCOCC1. The van der Waals surface area contributed by atoms with Crippen molar-refractivity contribution in [2.75, 3.05) is 44.9 Å². The van der Waals surface area contributed by atoms with Crippen LogP contribution in [0.25, 0.3) is 10.6 Å². The van der Waals surface area contributed by atoms with E-state index in [1.807, 2.05) is 18.9 Å². The molecule has 0 aromatic carbocycles. The van der Waals surface area contributed by atoms with Crippen molar-refractivity contribution in [3.8, 4) is 10.6 Å². The number of hydrogen-bond donors (Lipinski definition) is 1. The molecule has 1 amide bonds. The second-order valence-electron chi connectivity index (χ2n) is 10.6. The summed E-state index contributed by atoms with van der Waals surface area (Å²) in [6.45, 7) is 3.95. The summed E-state index contributed by atoms with van der Waals surface area (Å²) >= 11 is 1.45. The molecule has 6 rings (SSSR count). The molecule has 1 saturated carbocycles. The molecule has 0 bridgehead atoms. The van der Waals surface area contributed by atoms with Crippen molar-refractivity contribution in [3.05, 3.63) is 28.0 Å². The van der Waals surface area contributed by atoms with Crippen LogP contribution in [0.1, 0.15) is 52.9 Å². The van der Waals surface area contributed by atoms with Gasteiger partial charge in [0.15, 0.2) is 5.82 Å². The van der Waals surface area contributed by atoms with Crippen LogP contribution in [0.3, 0.4) is 0 Å². The maximum Gasteiger partial charge on any atom is 0.255 e. The molecule has 2 aromatic heterocycles. The molecule has 1 unspecified atom stereocenters. The van der Waals surface area contributed by atoms with Crippen molar-refractivity contribution >= 4 is 33.2 Å². The van der Waals surface area contributed by atoms with Gasteiger partial charge in [0, 0.05) is 49.7 Å². The average molecular weight is 536 g/mol. The van der Waals surface area contributed by atoms with Crippen molar-refractivity contribution in [1.82, 2.24) is 19.2 Å². The number of rotatable bonds is 4. The Labute approximate surface area is 214 Å². The Kier molecular flexibility index (Phi) is 5.50. The van der Waals surface area contributed by atoms with Crippen LogP contribution in [0.15, 0.2) is 6.20 Å². The van der Waals surface area contributed by atoms with Gasteiger partial charge in [0.05, 0.1) is 28.4 Å². The van der Waals surface area contributed by atoms with Gasteiger partial charge in [0.1, 0.15) is 5.69 Å². The Bertz CT molecular complexity index is 1350. The number of thiophene rings is 1. The zero-order chi connectivity index (χ0) is 25.5. The number of fused-ring (bicyclic) bond motifs is 2. The number of nitrogens with zero attached hydrogens (tertiary/aromatic N) is 4. The molecule has 36 heavy (non-hydrogen) atoms. The van der Waals surface area contributed by atoms with E-state index in [1.54, 1.807) is 4.31 Å². The van der Waals surface area contributed by atoms with E-state index in [-0.39, 0.29) is 23.1 Å². The fraction of sp³-hybridized carbons (Fsp3) is 0.625. The summed E-state index contributed by atoms with van der Waals surface area (Å²) in [7, 11) is -1.40. The number of hydrogen-bond acceptors (Lipinski definition) is 8. The number of piperidine rings is 1. The Morgan fingerprint density at radius 3 is 2.64 bits per heavy atom. The van der Waals surface area contributed by atoms with Crippen LogP contribution in [-0.4, -0.2) is 79.1 Å². The topological polar surface area (TPSA) is 105 Å². The number of halogens is 1. The Morgan fingerprint density at radius 2 is 1.97 bits per heavy atom. The van der Waals surface area contributed by atoms with Gasteiger partial charge in [-0.1, -0.05) is 0 Å². The lowest BCUT2D eigenvalue weighted by molar-refractivity contribution is -0.00470. The molecule has 2 saturated heterocycles. The summed E-state index contributed by atoms with van der Waals surface area (Å²) in [5.41, 5.74) is 1.07. The van der Waals surface area contributed by atoms with Gasteiger partial charge in [0.25, 0.3) is 5.91 Å². The Morgan fingerprint density at radius 1 is 1.25 bits per heavy atom. The first-order valence-electron chi connectivity index (χ1n) is 12.3. The van der Waals surface area contributed by atoms with E-state index in [2.05, 4.69) is 15.3 Å². The lowest BCUT2D eigenvalue weighted by Gasteiger charge is -2.39. The van der Waals surface area contributed by atoms with Gasteiger partial charge in [0.2, 0.25) is 16.0 Å². The molecule has 2 aromatic rings. The first kappa shape index (κ1) is 24.2. The summed E-state index contributed by atoms with van der Waals surface area (Å²) in [5.74, 6) is -0.237. The fourth-order valence-corrected chi connectivity index (χ4v) is 8.66. The number of anilines is 1. The van der Waals surface area contributed by atoms with E-state index in [0.29, 0.717) is 49.1 Å². The van der Waals surface area contributed by atoms with Crippen LogP contribution in [0.2, 0.25) is 0 Å². The van der Waals surface area contributed by atoms with Gasteiger partial charge < -0.3 is 15.0 Å². The minimum atomic E-state index is -3.24. The van der Waals surface area contributed by atoms with Gasteiger partial charge in [-0.25, -0.2) is 27.1 Å². The highest BCUT2D eigenvalue weighted by atomic mass is 32.2. The van der Waals surface area contributed by atoms with E-state index >= 15 is 4.39 Å². The van der Waals surface area contributed by atoms with E-state index in [9.17, 15) is 13.2 Å². The molecule has 1 atom stereocenters. The minimum Gasteiger partial charge on any atom is -0.381 e. The standard InChI is InChI=1S/C24H30FN5O4S2/c1-14-17-20(24(29(2)21(17)31)7-10-34-11-8-24)35-19(14)18-15(25)12-26-22(28-18)27-16-4-9-30(36(3,32)33)13-23(16)5-6-23/h12,16H,4-11,13H2,1-3H3,(H,26,27,28). The molecule has 5 heterocycles. The van der Waals surface area contributed by atoms with Crippen molar-refractivity contribution in [2.24, 2.45) is 5.41 Å². The van der Waals surface area contributed by atoms with E-state index in [4.69, 9.17) is 4.74 Å². The third-order valence-corrected chi connectivity index (χ3v) is 11.3. The molecular weight excluding hydrogens is 505 g/mol. The van der Waals surface area contributed by atoms with Gasteiger partial charge in [-0.05, 0) is 44.6 Å². The van der Waals surface area contributed by atoms with E-state index < -0.39 is 21.4 Å². The average Bonchev–Trinajstić information content (AvgIpc) is 3.49. The summed E-state index contributed by atoms with van der Waals surface area (Å²) in [6, 6.07) is 0.0176. The van der Waals surface area contributed by atoms with Gasteiger partial charge >= 0.3 is 0 Å². The maximum absolute atomic E-state index is 15.1. The number of sulfonamides is 1. The van der Waals surface area contributed by atoms with Crippen LogP contribution >= 0.6 is 11.3 Å². The van der Waals surface area contributed by atoms with Crippen molar-refractivity contribution < 1.29 is 22.3 Å². The largest absolute Gasteiger partial charge is 0.381 e. The highest BCUT2D eigenvalue weighted by Crippen LogP contribution is 2.54. The number of nitrogens with one attached hydrogen (secondary N) is 1. The molecule has 2 spiro atoms. The highest BCUT2D eigenvalue weighted by molar-refractivity contribution is 7.88. The summed E-state index contributed by atoms with van der Waals surface area (Å²) < 4.78 is 46.3. The molecular formula is C24H30FN5O4S2. The third-order valence-electron chi connectivity index (χ3n) is 8.57. The van der Waals surface area contributed by atoms with Crippen molar-refractivity contribution in [3.63, 3.8) is 0 Å². The number of amides is 1. The zero-order valence-corrected chi connectivity index (χ0v) is 22.3. The monoisotopic (exact) mass is 535 g/mol. The Hall–Kier alpha value is -2.15. The first-order chi connectivity index (χ1) is 17.1. The molecule has 1 N–H and O–H groups in total. The lowest BCUT2D eigenvalue weighted by Crippen LogP contribution is -2.49. The molecule has 3 aliphatic heterocycles. The fourth-order valence-electron chi connectivity index (χ4n) is 6.16. The van der Waals surface area contributed by atoms with Gasteiger partial charge in [-0.3, -0.25) is 4.79 Å². The second-order valence-corrected chi connectivity index (χ2v) is 13.6. The summed E-state index contributed by atoms with van der Waals surface area (Å²) in [4.78, 5) is 25.5. The molecule has 194 valence electrons. The van der Waals surface area contributed by atoms with Crippen LogP contribution < -0.4 is 5.32 Å². The van der Waals surface area contributed by atoms with Gasteiger partial charge in [-0.15, -0.1) is 11.3 Å². The number of aromatic nitrogens is 2. The predicted molar refractivity (Wildman–Crippen MR) is 134 cm³/mol. The Balaban J connectivity index is 1.32. The lowest BCUT2D eigenvalue weighted by atomic mass is 9.88. The minimum absolute atomic E-state index is 0.0176.